The van der Waals surface area contributed by atoms with Crippen molar-refractivity contribution in [2.45, 2.75) is 45.2 Å². The highest BCUT2D eigenvalue weighted by Gasteiger charge is 2.49. The van der Waals surface area contributed by atoms with Crippen LogP contribution in [0.25, 0.3) is 0 Å². The van der Waals surface area contributed by atoms with Crippen LogP contribution in [0.4, 0.5) is 4.79 Å². The second-order valence-electron chi connectivity index (χ2n) is 6.22. The number of nitrogens with one attached hydrogen (secondary N) is 2. The molecule has 7 nitrogen and oxygen atoms in total. The highest BCUT2D eigenvalue weighted by Crippen LogP contribution is 2.29. The van der Waals surface area contributed by atoms with Gasteiger partial charge in [0.1, 0.15) is 12.1 Å². The summed E-state index contributed by atoms with van der Waals surface area (Å²) >= 11 is 0. The number of nitrogens with zero attached hydrogens (tertiary/aromatic N) is 2. The van der Waals surface area contributed by atoms with E-state index in [1.807, 2.05) is 19.9 Å². The second-order valence-corrected chi connectivity index (χ2v) is 6.22. The fourth-order valence-corrected chi connectivity index (χ4v) is 2.85. The first-order valence-electron chi connectivity index (χ1n) is 8.29. The molecule has 1 atom stereocenters. The van der Waals surface area contributed by atoms with Crippen LogP contribution in [0.1, 0.15) is 44.7 Å². The predicted molar refractivity (Wildman–Crippen MR) is 91.3 cm³/mol. The van der Waals surface area contributed by atoms with Gasteiger partial charge in [0.15, 0.2) is 0 Å². The van der Waals surface area contributed by atoms with E-state index in [1.54, 1.807) is 31.2 Å². The number of urea groups is 1. The average Bonchev–Trinajstić information content (AvgIpc) is 2.83. The fourth-order valence-electron chi connectivity index (χ4n) is 2.85. The number of carbonyl (C=O) groups is 3. The van der Waals surface area contributed by atoms with E-state index in [2.05, 4.69) is 10.6 Å². The molecule has 25 heavy (non-hydrogen) atoms. The molecule has 0 spiro atoms. The van der Waals surface area contributed by atoms with Gasteiger partial charge in [-0.1, -0.05) is 26.0 Å². The van der Waals surface area contributed by atoms with Crippen molar-refractivity contribution in [1.82, 2.24) is 15.5 Å². The molecule has 1 heterocycles. The van der Waals surface area contributed by atoms with Crippen LogP contribution < -0.4 is 10.6 Å². The minimum Gasteiger partial charge on any atom is -0.352 e. The van der Waals surface area contributed by atoms with Crippen molar-refractivity contribution in [3.8, 4) is 6.07 Å². The Morgan fingerprint density at radius 1 is 1.36 bits per heavy atom. The molecule has 1 aliphatic rings. The van der Waals surface area contributed by atoms with E-state index < -0.39 is 17.5 Å². The van der Waals surface area contributed by atoms with Crippen molar-refractivity contribution >= 4 is 17.8 Å². The summed E-state index contributed by atoms with van der Waals surface area (Å²) in [4.78, 5) is 38.1. The molecule has 1 aromatic rings. The number of rotatable bonds is 6. The van der Waals surface area contributed by atoms with Gasteiger partial charge < -0.3 is 10.6 Å². The van der Waals surface area contributed by atoms with E-state index in [-0.39, 0.29) is 18.5 Å². The normalized spacial score (nSPS) is 19.7. The summed E-state index contributed by atoms with van der Waals surface area (Å²) in [6.45, 7) is 5.17. The van der Waals surface area contributed by atoms with Crippen LogP contribution >= 0.6 is 0 Å². The van der Waals surface area contributed by atoms with Crippen LogP contribution in [0.2, 0.25) is 0 Å². The van der Waals surface area contributed by atoms with Crippen LogP contribution in [0.3, 0.4) is 0 Å². The van der Waals surface area contributed by atoms with E-state index >= 15 is 0 Å². The molecule has 1 fully saturated rings. The van der Waals surface area contributed by atoms with Crippen molar-refractivity contribution in [3.05, 3.63) is 35.4 Å². The summed E-state index contributed by atoms with van der Waals surface area (Å²) in [6.07, 6.45) is 1.56. The smallest absolute Gasteiger partial charge is 0.325 e. The molecule has 132 valence electrons. The number of hydrogen-bond acceptors (Lipinski definition) is 4. The van der Waals surface area contributed by atoms with Crippen LogP contribution in [0.5, 0.6) is 0 Å². The van der Waals surface area contributed by atoms with Crippen molar-refractivity contribution in [1.29, 1.82) is 5.26 Å². The Hall–Kier alpha value is -2.88. The summed E-state index contributed by atoms with van der Waals surface area (Å²) in [5.41, 5.74) is -0.391. The molecule has 0 bridgehead atoms. The number of nitriles is 1. The molecule has 0 saturated carbocycles. The topological polar surface area (TPSA) is 102 Å². The first kappa shape index (κ1) is 18.5. The maximum atomic E-state index is 12.8. The van der Waals surface area contributed by atoms with Gasteiger partial charge in [0, 0.05) is 6.04 Å². The first-order chi connectivity index (χ1) is 11.8. The molecule has 0 radical (unpaired) electrons. The van der Waals surface area contributed by atoms with Crippen molar-refractivity contribution in [2.24, 2.45) is 0 Å². The third-order valence-electron chi connectivity index (χ3n) is 4.50. The number of imide groups is 1. The number of amides is 4. The summed E-state index contributed by atoms with van der Waals surface area (Å²) in [7, 11) is 0. The summed E-state index contributed by atoms with van der Waals surface area (Å²) < 4.78 is 0. The molecular weight excluding hydrogens is 320 g/mol. The van der Waals surface area contributed by atoms with Crippen molar-refractivity contribution < 1.29 is 14.4 Å². The van der Waals surface area contributed by atoms with Gasteiger partial charge in [0.05, 0.1) is 11.6 Å². The zero-order valence-electron chi connectivity index (χ0n) is 14.6. The summed E-state index contributed by atoms with van der Waals surface area (Å²) in [6, 6.07) is 7.92. The van der Waals surface area contributed by atoms with Crippen LogP contribution in [-0.4, -0.2) is 35.3 Å². The molecule has 0 aromatic heterocycles. The molecule has 0 unspecified atom stereocenters. The minimum absolute atomic E-state index is 0.0203. The second kappa shape index (κ2) is 7.34. The maximum Gasteiger partial charge on any atom is 0.325 e. The van der Waals surface area contributed by atoms with Gasteiger partial charge in [0.25, 0.3) is 5.91 Å². The minimum atomic E-state index is -1.29. The Morgan fingerprint density at radius 3 is 2.64 bits per heavy atom. The van der Waals surface area contributed by atoms with E-state index in [0.717, 1.165) is 17.7 Å². The average molecular weight is 342 g/mol. The van der Waals surface area contributed by atoms with E-state index in [9.17, 15) is 14.4 Å². The number of carbonyl (C=O) groups excluding carboxylic acids is 3. The van der Waals surface area contributed by atoms with Gasteiger partial charge in [-0.15, -0.1) is 0 Å². The predicted octanol–water partition coefficient (Wildman–Crippen LogP) is 1.63. The summed E-state index contributed by atoms with van der Waals surface area (Å²) in [5, 5.41) is 14.5. The van der Waals surface area contributed by atoms with Gasteiger partial charge in [-0.2, -0.15) is 5.26 Å². The lowest BCUT2D eigenvalue weighted by atomic mass is 9.91. The van der Waals surface area contributed by atoms with E-state index in [1.165, 1.54) is 0 Å². The molecule has 2 N–H and O–H groups in total. The molecule has 1 aliphatic heterocycles. The Bertz CT molecular complexity index is 736. The number of benzene rings is 1. The van der Waals surface area contributed by atoms with Crippen molar-refractivity contribution in [3.63, 3.8) is 0 Å². The lowest BCUT2D eigenvalue weighted by molar-refractivity contribution is -0.135. The van der Waals surface area contributed by atoms with Gasteiger partial charge >= 0.3 is 6.03 Å². The maximum absolute atomic E-state index is 12.8. The fraction of sp³-hybridized carbons (Fsp3) is 0.444. The largest absolute Gasteiger partial charge is 0.352 e. The Kier molecular flexibility index (Phi) is 5.42. The summed E-state index contributed by atoms with van der Waals surface area (Å²) in [5.74, 6) is -0.875. The van der Waals surface area contributed by atoms with Gasteiger partial charge in [-0.3, -0.25) is 14.5 Å². The SMILES string of the molecule is CCC(CC)NC(=O)CN1C(=O)N[C@](C)(c2cccc(C#N)c2)C1=O. The molecule has 1 aromatic carbocycles. The number of hydrogen-bond donors (Lipinski definition) is 2. The lowest BCUT2D eigenvalue weighted by Gasteiger charge is -2.22. The monoisotopic (exact) mass is 342 g/mol. The molecular formula is C18H22N4O3. The lowest BCUT2D eigenvalue weighted by Crippen LogP contribution is -2.45. The third-order valence-corrected chi connectivity index (χ3v) is 4.50. The highest BCUT2D eigenvalue weighted by atomic mass is 16.2. The van der Waals surface area contributed by atoms with Crippen LogP contribution in [0.15, 0.2) is 24.3 Å². The molecule has 0 aliphatic carbocycles. The van der Waals surface area contributed by atoms with E-state index in [4.69, 9.17) is 5.26 Å². The third kappa shape index (κ3) is 3.63. The van der Waals surface area contributed by atoms with Crippen LogP contribution in [0, 0.1) is 11.3 Å². The quantitative estimate of drug-likeness (QED) is 0.767. The first-order valence-corrected chi connectivity index (χ1v) is 8.29. The molecule has 7 heteroatoms. The van der Waals surface area contributed by atoms with Gasteiger partial charge in [0.2, 0.25) is 5.91 Å². The Morgan fingerprint density at radius 2 is 2.04 bits per heavy atom. The van der Waals surface area contributed by atoms with Gasteiger partial charge in [-0.05, 0) is 37.5 Å². The molecule has 4 amide bonds. The van der Waals surface area contributed by atoms with Crippen LogP contribution in [-0.2, 0) is 15.1 Å². The van der Waals surface area contributed by atoms with Crippen molar-refractivity contribution in [2.75, 3.05) is 6.54 Å². The standard InChI is InChI=1S/C18H22N4O3/c1-4-14(5-2)20-15(23)11-22-16(24)18(3,21-17(22)25)13-8-6-7-12(9-13)10-19/h6-9,14H,4-5,11H2,1-3H3,(H,20,23)(H,21,25)/t18-/m1/s1. The Balaban J connectivity index is 2.19. The van der Waals surface area contributed by atoms with E-state index in [0.29, 0.717) is 11.1 Å². The zero-order valence-corrected chi connectivity index (χ0v) is 14.6. The highest BCUT2D eigenvalue weighted by molar-refractivity contribution is 6.09. The van der Waals surface area contributed by atoms with Gasteiger partial charge in [-0.25, -0.2) is 4.79 Å². The zero-order chi connectivity index (χ0) is 18.6. The molecule has 1 saturated heterocycles. The Labute approximate surface area is 147 Å². The molecule has 2 rings (SSSR count).